The molecule has 0 unspecified atom stereocenters. The SMILES string of the molecule is CCCCCC.CCCCOc1ccc(C)c2ccccc12. The average Bonchev–Trinajstić information content (AvgIpc) is 2.56. The van der Waals surface area contributed by atoms with Crippen LogP contribution < -0.4 is 4.74 Å². The molecule has 0 atom stereocenters. The van der Waals surface area contributed by atoms with Gasteiger partial charge < -0.3 is 4.74 Å². The largest absolute Gasteiger partial charge is 0.493 e. The molecule has 122 valence electrons. The Hall–Kier alpha value is -1.50. The number of benzene rings is 2. The van der Waals surface area contributed by atoms with E-state index in [1.807, 2.05) is 0 Å². The molecule has 0 N–H and O–H groups in total. The smallest absolute Gasteiger partial charge is 0.127 e. The van der Waals surface area contributed by atoms with Crippen molar-refractivity contribution >= 4 is 10.8 Å². The van der Waals surface area contributed by atoms with Crippen molar-refractivity contribution in [3.8, 4) is 5.75 Å². The highest BCUT2D eigenvalue weighted by Crippen LogP contribution is 2.28. The van der Waals surface area contributed by atoms with Gasteiger partial charge in [0.05, 0.1) is 6.61 Å². The Balaban J connectivity index is 0.000000346. The predicted octanol–water partition coefficient (Wildman–Crippen LogP) is 6.91. The van der Waals surface area contributed by atoms with Crippen LogP contribution in [0.5, 0.6) is 5.75 Å². The van der Waals surface area contributed by atoms with Gasteiger partial charge in [0.25, 0.3) is 0 Å². The minimum Gasteiger partial charge on any atom is -0.493 e. The maximum absolute atomic E-state index is 5.81. The van der Waals surface area contributed by atoms with Crippen LogP contribution in [0.3, 0.4) is 0 Å². The van der Waals surface area contributed by atoms with Gasteiger partial charge in [-0.1, -0.05) is 83.2 Å². The molecule has 0 aliphatic rings. The third-order valence-electron chi connectivity index (χ3n) is 3.81. The van der Waals surface area contributed by atoms with E-state index in [0.29, 0.717) is 0 Å². The van der Waals surface area contributed by atoms with E-state index in [4.69, 9.17) is 4.74 Å². The molecule has 22 heavy (non-hydrogen) atoms. The van der Waals surface area contributed by atoms with Gasteiger partial charge in [0.1, 0.15) is 5.75 Å². The second-order valence-corrected chi connectivity index (χ2v) is 5.84. The van der Waals surface area contributed by atoms with Gasteiger partial charge in [0.2, 0.25) is 0 Å². The van der Waals surface area contributed by atoms with Crippen LogP contribution in [-0.4, -0.2) is 6.61 Å². The fourth-order valence-corrected chi connectivity index (χ4v) is 2.37. The zero-order valence-electron chi connectivity index (χ0n) is 14.8. The van der Waals surface area contributed by atoms with Crippen LogP contribution in [0.25, 0.3) is 10.8 Å². The second kappa shape index (κ2) is 11.1. The minimum atomic E-state index is 0.809. The van der Waals surface area contributed by atoms with Gasteiger partial charge in [0.15, 0.2) is 0 Å². The quantitative estimate of drug-likeness (QED) is 0.504. The highest BCUT2D eigenvalue weighted by Gasteiger charge is 2.03. The van der Waals surface area contributed by atoms with E-state index in [2.05, 4.69) is 64.1 Å². The summed E-state index contributed by atoms with van der Waals surface area (Å²) in [5, 5.41) is 2.51. The zero-order chi connectivity index (χ0) is 16.2. The molecule has 0 radical (unpaired) electrons. The zero-order valence-corrected chi connectivity index (χ0v) is 14.8. The van der Waals surface area contributed by atoms with E-state index in [-0.39, 0.29) is 0 Å². The number of fused-ring (bicyclic) bond motifs is 1. The summed E-state index contributed by atoms with van der Waals surface area (Å²) in [4.78, 5) is 0. The maximum Gasteiger partial charge on any atom is 0.127 e. The Bertz CT molecular complexity index is 526. The van der Waals surface area contributed by atoms with Crippen LogP contribution in [-0.2, 0) is 0 Å². The van der Waals surface area contributed by atoms with Gasteiger partial charge in [-0.15, -0.1) is 0 Å². The summed E-state index contributed by atoms with van der Waals surface area (Å²) < 4.78 is 5.81. The predicted molar refractivity (Wildman–Crippen MR) is 98.9 cm³/mol. The van der Waals surface area contributed by atoms with Crippen LogP contribution in [0.2, 0.25) is 0 Å². The molecule has 1 nitrogen and oxygen atoms in total. The molecular formula is C21H32O. The molecule has 0 saturated heterocycles. The summed E-state index contributed by atoms with van der Waals surface area (Å²) in [7, 11) is 0. The van der Waals surface area contributed by atoms with Crippen LogP contribution in [0.4, 0.5) is 0 Å². The lowest BCUT2D eigenvalue weighted by Gasteiger charge is -2.10. The minimum absolute atomic E-state index is 0.809. The fraction of sp³-hybridized carbons (Fsp3) is 0.524. The molecule has 0 aliphatic carbocycles. The summed E-state index contributed by atoms with van der Waals surface area (Å²) in [5.74, 6) is 1.01. The molecule has 0 bridgehead atoms. The second-order valence-electron chi connectivity index (χ2n) is 5.84. The number of hydrogen-bond donors (Lipinski definition) is 0. The molecule has 2 aromatic carbocycles. The van der Waals surface area contributed by atoms with E-state index >= 15 is 0 Å². The third-order valence-corrected chi connectivity index (χ3v) is 3.81. The summed E-state index contributed by atoms with van der Waals surface area (Å²) in [5.41, 5.74) is 1.30. The maximum atomic E-state index is 5.81. The van der Waals surface area contributed by atoms with Crippen molar-refractivity contribution in [2.75, 3.05) is 6.61 Å². The Morgan fingerprint density at radius 3 is 1.91 bits per heavy atom. The molecule has 0 fully saturated rings. The van der Waals surface area contributed by atoms with Crippen molar-refractivity contribution < 1.29 is 4.74 Å². The molecule has 0 amide bonds. The van der Waals surface area contributed by atoms with Crippen LogP contribution >= 0.6 is 0 Å². The molecule has 2 rings (SSSR count). The summed E-state index contributed by atoms with van der Waals surface area (Å²) >= 11 is 0. The molecule has 0 saturated carbocycles. The first kappa shape index (κ1) is 18.5. The van der Waals surface area contributed by atoms with Crippen LogP contribution in [0.15, 0.2) is 36.4 Å². The number of aryl methyl sites for hydroxylation is 1. The Morgan fingerprint density at radius 1 is 0.727 bits per heavy atom. The lowest BCUT2D eigenvalue weighted by Crippen LogP contribution is -1.97. The normalized spacial score (nSPS) is 10.2. The molecule has 1 heteroatoms. The Morgan fingerprint density at radius 2 is 1.32 bits per heavy atom. The average molecular weight is 300 g/mol. The van der Waals surface area contributed by atoms with Crippen LogP contribution in [0, 0.1) is 6.92 Å². The number of unbranched alkanes of at least 4 members (excludes halogenated alkanes) is 4. The first-order valence-electron chi connectivity index (χ1n) is 8.85. The van der Waals surface area contributed by atoms with E-state index in [1.165, 1.54) is 48.4 Å². The van der Waals surface area contributed by atoms with Gasteiger partial charge >= 0.3 is 0 Å². The van der Waals surface area contributed by atoms with Gasteiger partial charge in [-0.25, -0.2) is 0 Å². The standard InChI is InChI=1S/C15H18O.C6H14/c1-3-4-11-16-15-10-9-12(2)13-7-5-6-8-14(13)15;1-3-5-6-4-2/h5-10H,3-4,11H2,1-2H3;3-6H2,1-2H3. The van der Waals surface area contributed by atoms with E-state index in [9.17, 15) is 0 Å². The highest BCUT2D eigenvalue weighted by atomic mass is 16.5. The van der Waals surface area contributed by atoms with Crippen molar-refractivity contribution in [3.63, 3.8) is 0 Å². The number of ether oxygens (including phenoxy) is 1. The van der Waals surface area contributed by atoms with Crippen molar-refractivity contribution in [2.45, 2.75) is 66.2 Å². The molecule has 0 heterocycles. The van der Waals surface area contributed by atoms with Crippen molar-refractivity contribution in [1.29, 1.82) is 0 Å². The van der Waals surface area contributed by atoms with E-state index < -0.39 is 0 Å². The topological polar surface area (TPSA) is 9.23 Å². The summed E-state index contributed by atoms with van der Waals surface area (Å²) in [6, 6.07) is 12.6. The van der Waals surface area contributed by atoms with E-state index in [1.54, 1.807) is 0 Å². The van der Waals surface area contributed by atoms with Crippen molar-refractivity contribution in [1.82, 2.24) is 0 Å². The monoisotopic (exact) mass is 300 g/mol. The van der Waals surface area contributed by atoms with Crippen molar-refractivity contribution in [3.05, 3.63) is 42.0 Å². The Labute approximate surface area is 136 Å². The first-order valence-corrected chi connectivity index (χ1v) is 8.85. The lowest BCUT2D eigenvalue weighted by molar-refractivity contribution is 0.313. The third kappa shape index (κ3) is 6.09. The molecule has 2 aromatic rings. The summed E-state index contributed by atoms with van der Waals surface area (Å²) in [6.45, 7) is 9.59. The number of hydrogen-bond acceptors (Lipinski definition) is 1. The van der Waals surface area contributed by atoms with Gasteiger partial charge in [-0.05, 0) is 30.4 Å². The Kier molecular flexibility index (Phi) is 9.37. The molecular weight excluding hydrogens is 268 g/mol. The van der Waals surface area contributed by atoms with Gasteiger partial charge in [-0.3, -0.25) is 0 Å². The fourth-order valence-electron chi connectivity index (χ4n) is 2.37. The van der Waals surface area contributed by atoms with Crippen molar-refractivity contribution in [2.24, 2.45) is 0 Å². The van der Waals surface area contributed by atoms with Gasteiger partial charge in [-0.2, -0.15) is 0 Å². The molecule has 0 aromatic heterocycles. The first-order chi connectivity index (χ1) is 10.7. The van der Waals surface area contributed by atoms with Gasteiger partial charge in [0, 0.05) is 5.39 Å². The number of rotatable bonds is 7. The highest BCUT2D eigenvalue weighted by molar-refractivity contribution is 5.90. The summed E-state index contributed by atoms with van der Waals surface area (Å²) in [6.07, 6.45) is 7.82. The lowest BCUT2D eigenvalue weighted by atomic mass is 10.0. The van der Waals surface area contributed by atoms with Crippen LogP contribution in [0.1, 0.15) is 64.9 Å². The van der Waals surface area contributed by atoms with E-state index in [0.717, 1.165) is 18.8 Å². The molecule has 0 spiro atoms. The molecule has 0 aliphatic heterocycles.